The van der Waals surface area contributed by atoms with E-state index in [2.05, 4.69) is 0 Å². The van der Waals surface area contributed by atoms with Crippen molar-refractivity contribution in [2.45, 2.75) is 58.0 Å². The molecular weight excluding hydrogens is 426 g/mol. The Labute approximate surface area is 191 Å². The van der Waals surface area contributed by atoms with Crippen molar-refractivity contribution in [1.29, 1.82) is 0 Å². The number of carboxylic acids is 1. The number of halogens is 2. The molecule has 1 aromatic heterocycles. The van der Waals surface area contributed by atoms with Crippen LogP contribution in [0.2, 0.25) is 0 Å². The highest BCUT2D eigenvalue weighted by atomic mass is 19.1. The van der Waals surface area contributed by atoms with Gasteiger partial charge in [-0.3, -0.25) is 4.79 Å². The molecule has 3 aromatic rings. The molecule has 2 aromatic carbocycles. The lowest BCUT2D eigenvalue weighted by Gasteiger charge is -2.35. The molecule has 2 atom stereocenters. The maximum atomic E-state index is 14.2. The molecule has 0 spiro atoms. The molecule has 0 aliphatic heterocycles. The summed E-state index contributed by atoms with van der Waals surface area (Å²) in [6, 6.07) is 10.0. The zero-order valence-electron chi connectivity index (χ0n) is 18.9. The molecule has 7 heteroatoms. The minimum Gasteiger partial charge on any atom is -0.480 e. The minimum absolute atomic E-state index is 0.0632. The second-order valence-corrected chi connectivity index (χ2v) is 8.71. The lowest BCUT2D eigenvalue weighted by Crippen LogP contribution is -2.43. The fourth-order valence-corrected chi connectivity index (χ4v) is 5.18. The molecule has 33 heavy (non-hydrogen) atoms. The molecule has 1 heterocycles. The van der Waals surface area contributed by atoms with Gasteiger partial charge in [0.2, 0.25) is 5.91 Å². The average Bonchev–Trinajstić information content (AvgIpc) is 3.07. The van der Waals surface area contributed by atoms with E-state index in [-0.39, 0.29) is 23.6 Å². The summed E-state index contributed by atoms with van der Waals surface area (Å²) in [5.41, 5.74) is 3.36. The Bertz CT molecular complexity index is 1200. The number of nitrogens with zero attached hydrogens (tertiary/aromatic N) is 2. The zero-order chi connectivity index (χ0) is 23.7. The van der Waals surface area contributed by atoms with E-state index >= 15 is 0 Å². The largest absolute Gasteiger partial charge is 0.480 e. The van der Waals surface area contributed by atoms with E-state index in [1.807, 2.05) is 22.5 Å². The van der Waals surface area contributed by atoms with Crippen molar-refractivity contribution in [3.05, 3.63) is 70.9 Å². The highest BCUT2D eigenvalue weighted by molar-refractivity contribution is 5.88. The predicted molar refractivity (Wildman–Crippen MR) is 122 cm³/mol. The Morgan fingerprint density at radius 1 is 1.18 bits per heavy atom. The van der Waals surface area contributed by atoms with E-state index < -0.39 is 12.0 Å². The van der Waals surface area contributed by atoms with E-state index in [1.54, 1.807) is 12.1 Å². The van der Waals surface area contributed by atoms with Gasteiger partial charge in [-0.2, -0.15) is 0 Å². The molecule has 1 amide bonds. The van der Waals surface area contributed by atoms with Gasteiger partial charge in [0.15, 0.2) is 0 Å². The van der Waals surface area contributed by atoms with Crippen LogP contribution in [0.5, 0.6) is 0 Å². The predicted octanol–water partition coefficient (Wildman–Crippen LogP) is 4.90. The Kier molecular flexibility index (Phi) is 6.49. The van der Waals surface area contributed by atoms with Gasteiger partial charge in [0, 0.05) is 36.1 Å². The van der Waals surface area contributed by atoms with Gasteiger partial charge in [0.05, 0.1) is 0 Å². The van der Waals surface area contributed by atoms with Crippen LogP contribution in [0.15, 0.2) is 42.5 Å². The lowest BCUT2D eigenvalue weighted by molar-refractivity contribution is -0.141. The molecule has 5 nitrogen and oxygen atoms in total. The van der Waals surface area contributed by atoms with Crippen molar-refractivity contribution < 1.29 is 23.5 Å². The van der Waals surface area contributed by atoms with E-state index in [9.17, 15) is 23.5 Å². The molecule has 4 rings (SSSR count). The molecule has 0 fully saturated rings. The van der Waals surface area contributed by atoms with Crippen LogP contribution >= 0.6 is 0 Å². The van der Waals surface area contributed by atoms with E-state index in [1.165, 1.54) is 31.2 Å². The smallest absolute Gasteiger partial charge is 0.326 e. The molecule has 0 bridgehead atoms. The summed E-state index contributed by atoms with van der Waals surface area (Å²) in [5.74, 6) is -1.65. The third-order valence-electron chi connectivity index (χ3n) is 6.70. The van der Waals surface area contributed by atoms with Gasteiger partial charge in [-0.25, -0.2) is 13.6 Å². The Morgan fingerprint density at radius 2 is 1.94 bits per heavy atom. The summed E-state index contributed by atoms with van der Waals surface area (Å²) in [6.45, 7) is 3.82. The number of carboxylic acid groups (broad SMARTS) is 1. The van der Waals surface area contributed by atoms with Gasteiger partial charge >= 0.3 is 5.97 Å². The number of carbonyl (C=O) groups is 2. The molecule has 174 valence electrons. The summed E-state index contributed by atoms with van der Waals surface area (Å²) in [4.78, 5) is 26.3. The molecule has 0 radical (unpaired) electrons. The molecule has 1 N–H and O–H groups in total. The van der Waals surface area contributed by atoms with Gasteiger partial charge in [-0.15, -0.1) is 0 Å². The third-order valence-corrected chi connectivity index (χ3v) is 6.70. The van der Waals surface area contributed by atoms with Gasteiger partial charge in [0.25, 0.3) is 0 Å². The number of benzene rings is 2. The van der Waals surface area contributed by atoms with Crippen molar-refractivity contribution in [3.63, 3.8) is 0 Å². The summed E-state index contributed by atoms with van der Waals surface area (Å²) < 4.78 is 29.6. The standard InChI is InChI=1S/C26H28F2N2O3/c1-3-23(26(32)33)30-24-9-7-19(28)14-21(24)22-15-20(8-10-25(22)30)29(16(2)31)12-11-17-5-4-6-18(27)13-17/h4-7,9,13-14,20,23H,3,8,10-12,15H2,1-2H3,(H,32,33)/t20-,23?/m0/s1. The molecule has 1 unspecified atom stereocenters. The first-order chi connectivity index (χ1) is 15.8. The van der Waals surface area contributed by atoms with Crippen LogP contribution in [0.4, 0.5) is 8.78 Å². The van der Waals surface area contributed by atoms with E-state index in [0.29, 0.717) is 49.6 Å². The quantitative estimate of drug-likeness (QED) is 0.552. The van der Waals surface area contributed by atoms with Crippen LogP contribution in [0.3, 0.4) is 0 Å². The van der Waals surface area contributed by atoms with Crippen molar-refractivity contribution in [2.75, 3.05) is 6.54 Å². The number of fused-ring (bicyclic) bond motifs is 3. The van der Waals surface area contributed by atoms with Crippen LogP contribution in [0.25, 0.3) is 10.9 Å². The molecule has 0 saturated heterocycles. The van der Waals surface area contributed by atoms with E-state index in [4.69, 9.17) is 0 Å². The lowest BCUT2D eigenvalue weighted by atomic mass is 9.89. The van der Waals surface area contributed by atoms with Gasteiger partial charge in [-0.1, -0.05) is 19.1 Å². The van der Waals surface area contributed by atoms with Gasteiger partial charge in [0.1, 0.15) is 17.7 Å². The van der Waals surface area contributed by atoms with Crippen LogP contribution in [0.1, 0.15) is 49.6 Å². The van der Waals surface area contributed by atoms with Crippen molar-refractivity contribution in [1.82, 2.24) is 9.47 Å². The Hall–Kier alpha value is -3.22. The summed E-state index contributed by atoms with van der Waals surface area (Å²) in [7, 11) is 0. The Balaban J connectivity index is 1.67. The molecule has 1 aliphatic carbocycles. The summed E-state index contributed by atoms with van der Waals surface area (Å²) in [5, 5.41) is 10.5. The number of carbonyl (C=O) groups excluding carboxylic acids is 1. The van der Waals surface area contributed by atoms with Crippen LogP contribution in [-0.4, -0.2) is 39.0 Å². The number of amides is 1. The fourth-order valence-electron chi connectivity index (χ4n) is 5.18. The molecular formula is C26H28F2N2O3. The van der Waals surface area contributed by atoms with Crippen molar-refractivity contribution in [2.24, 2.45) is 0 Å². The maximum Gasteiger partial charge on any atom is 0.326 e. The van der Waals surface area contributed by atoms with Crippen molar-refractivity contribution >= 4 is 22.8 Å². The topological polar surface area (TPSA) is 62.5 Å². The number of aromatic nitrogens is 1. The van der Waals surface area contributed by atoms with Crippen LogP contribution in [0, 0.1) is 11.6 Å². The maximum absolute atomic E-state index is 14.2. The molecule has 1 aliphatic rings. The number of rotatable bonds is 7. The normalized spacial score (nSPS) is 16.4. The van der Waals surface area contributed by atoms with Crippen molar-refractivity contribution in [3.8, 4) is 0 Å². The number of aliphatic carboxylic acids is 1. The van der Waals surface area contributed by atoms with Gasteiger partial charge in [-0.05, 0) is 73.6 Å². The van der Waals surface area contributed by atoms with E-state index in [0.717, 1.165) is 16.8 Å². The third kappa shape index (κ3) is 4.49. The second-order valence-electron chi connectivity index (χ2n) is 8.71. The van der Waals surface area contributed by atoms with Crippen LogP contribution < -0.4 is 0 Å². The first kappa shape index (κ1) is 23.0. The van der Waals surface area contributed by atoms with Gasteiger partial charge < -0.3 is 14.6 Å². The fraction of sp³-hybridized carbons (Fsp3) is 0.385. The average molecular weight is 455 g/mol. The first-order valence-corrected chi connectivity index (χ1v) is 11.4. The Morgan fingerprint density at radius 3 is 2.61 bits per heavy atom. The summed E-state index contributed by atoms with van der Waals surface area (Å²) >= 11 is 0. The first-order valence-electron chi connectivity index (χ1n) is 11.4. The molecule has 0 saturated carbocycles. The number of hydrogen-bond donors (Lipinski definition) is 1. The van der Waals surface area contributed by atoms with Crippen LogP contribution in [-0.2, 0) is 28.9 Å². The minimum atomic E-state index is -0.913. The SMILES string of the molecule is CCC(C(=O)O)n1c2c(c3cc(F)ccc31)C[C@@H](N(CCc1cccc(F)c1)C(C)=O)CC2. The monoisotopic (exact) mass is 454 g/mol. The highest BCUT2D eigenvalue weighted by Crippen LogP contribution is 2.37. The summed E-state index contributed by atoms with van der Waals surface area (Å²) in [6.07, 6.45) is 2.77. The second kappa shape index (κ2) is 9.33. The highest BCUT2D eigenvalue weighted by Gasteiger charge is 2.33. The zero-order valence-corrected chi connectivity index (χ0v) is 18.9. The number of hydrogen-bond acceptors (Lipinski definition) is 2.